The third kappa shape index (κ3) is 2.86. The molecule has 0 saturated carbocycles. The van der Waals surface area contributed by atoms with Crippen molar-refractivity contribution in [1.82, 2.24) is 4.98 Å². The second-order valence-corrected chi connectivity index (χ2v) is 3.29. The highest BCUT2D eigenvalue weighted by atomic mass is 35.5. The molecule has 13 heavy (non-hydrogen) atoms. The standard InChI is InChI=1S/C8H7Cl2NO2/c9-6-3-11-4-7(10)5(6)1-2-8(12)13/h3-4H,1-2H2,(H,12,13). The maximum atomic E-state index is 10.3. The smallest absolute Gasteiger partial charge is 0.303 e. The lowest BCUT2D eigenvalue weighted by molar-refractivity contribution is -0.136. The van der Waals surface area contributed by atoms with Crippen molar-refractivity contribution in [3.63, 3.8) is 0 Å². The molecule has 0 saturated heterocycles. The molecule has 0 amide bonds. The predicted octanol–water partition coefficient (Wildman–Crippen LogP) is 2.41. The summed E-state index contributed by atoms with van der Waals surface area (Å²) in [7, 11) is 0. The fourth-order valence-electron chi connectivity index (χ4n) is 0.909. The van der Waals surface area contributed by atoms with E-state index < -0.39 is 5.97 Å². The molecule has 1 aromatic rings. The van der Waals surface area contributed by atoms with Gasteiger partial charge in [0.25, 0.3) is 0 Å². The summed E-state index contributed by atoms with van der Waals surface area (Å²) in [6.07, 6.45) is 3.24. The van der Waals surface area contributed by atoms with Gasteiger partial charge in [0.1, 0.15) is 0 Å². The van der Waals surface area contributed by atoms with Gasteiger partial charge in [-0.2, -0.15) is 0 Å². The molecule has 0 aromatic carbocycles. The number of hydrogen-bond donors (Lipinski definition) is 1. The molecule has 0 fully saturated rings. The normalized spacial score (nSPS) is 10.0. The lowest BCUT2D eigenvalue weighted by Gasteiger charge is -2.03. The Kier molecular flexibility index (Phi) is 3.51. The van der Waals surface area contributed by atoms with Gasteiger partial charge in [0.05, 0.1) is 10.0 Å². The number of halogens is 2. The van der Waals surface area contributed by atoms with Crippen molar-refractivity contribution in [3.05, 3.63) is 28.0 Å². The summed E-state index contributed by atoms with van der Waals surface area (Å²) in [6, 6.07) is 0. The Hall–Kier alpha value is -0.800. The third-order valence-corrected chi connectivity index (χ3v) is 2.19. The van der Waals surface area contributed by atoms with Crippen molar-refractivity contribution in [2.75, 3.05) is 0 Å². The van der Waals surface area contributed by atoms with E-state index in [9.17, 15) is 4.79 Å². The quantitative estimate of drug-likeness (QED) is 0.850. The van der Waals surface area contributed by atoms with Gasteiger partial charge in [-0.3, -0.25) is 9.78 Å². The van der Waals surface area contributed by atoms with Gasteiger partial charge in [-0.05, 0) is 12.0 Å². The number of nitrogens with zero attached hydrogens (tertiary/aromatic N) is 1. The summed E-state index contributed by atoms with van der Waals surface area (Å²) >= 11 is 11.5. The zero-order chi connectivity index (χ0) is 9.84. The topological polar surface area (TPSA) is 50.2 Å². The minimum absolute atomic E-state index is 0.0173. The van der Waals surface area contributed by atoms with Gasteiger partial charge < -0.3 is 5.11 Å². The average Bonchev–Trinajstić information content (AvgIpc) is 2.03. The Morgan fingerprint density at radius 1 is 1.38 bits per heavy atom. The van der Waals surface area contributed by atoms with Crippen LogP contribution in [-0.4, -0.2) is 16.1 Å². The fourth-order valence-corrected chi connectivity index (χ4v) is 1.46. The molecule has 3 nitrogen and oxygen atoms in total. The largest absolute Gasteiger partial charge is 0.481 e. The van der Waals surface area contributed by atoms with Gasteiger partial charge >= 0.3 is 5.97 Å². The molecular formula is C8H7Cl2NO2. The first-order chi connectivity index (χ1) is 6.11. The first-order valence-corrected chi connectivity index (χ1v) is 4.36. The molecule has 1 aromatic heterocycles. The summed E-state index contributed by atoms with van der Waals surface area (Å²) in [6.45, 7) is 0. The maximum Gasteiger partial charge on any atom is 0.303 e. The SMILES string of the molecule is O=C(O)CCc1c(Cl)cncc1Cl. The third-order valence-electron chi connectivity index (χ3n) is 1.54. The molecule has 0 unspecified atom stereocenters. The number of rotatable bonds is 3. The summed E-state index contributed by atoms with van der Waals surface area (Å²) in [5.41, 5.74) is 0.640. The van der Waals surface area contributed by atoms with Crippen LogP contribution in [0.3, 0.4) is 0 Å². The second-order valence-electron chi connectivity index (χ2n) is 2.48. The van der Waals surface area contributed by atoms with Crippen molar-refractivity contribution >= 4 is 29.2 Å². The van der Waals surface area contributed by atoms with Crippen molar-refractivity contribution < 1.29 is 9.90 Å². The first kappa shape index (κ1) is 10.3. The number of aliphatic carboxylic acids is 1. The Bertz CT molecular complexity index is 308. The summed E-state index contributed by atoms with van der Waals surface area (Å²) in [5.74, 6) is -0.871. The minimum Gasteiger partial charge on any atom is -0.481 e. The molecular weight excluding hydrogens is 213 g/mol. The van der Waals surface area contributed by atoms with Gasteiger partial charge in [-0.1, -0.05) is 23.2 Å². The van der Waals surface area contributed by atoms with Crippen LogP contribution in [0.5, 0.6) is 0 Å². The molecule has 0 atom stereocenters. The molecule has 1 N–H and O–H groups in total. The lowest BCUT2D eigenvalue weighted by Crippen LogP contribution is -1.98. The van der Waals surface area contributed by atoms with E-state index in [0.29, 0.717) is 22.0 Å². The van der Waals surface area contributed by atoms with E-state index in [-0.39, 0.29) is 6.42 Å². The number of carboxylic acid groups (broad SMARTS) is 1. The maximum absolute atomic E-state index is 10.3. The van der Waals surface area contributed by atoms with Crippen LogP contribution in [0.4, 0.5) is 0 Å². The molecule has 1 heterocycles. The molecule has 1 rings (SSSR count). The predicted molar refractivity (Wildman–Crippen MR) is 50.2 cm³/mol. The van der Waals surface area contributed by atoms with E-state index in [4.69, 9.17) is 28.3 Å². The van der Waals surface area contributed by atoms with E-state index in [1.54, 1.807) is 0 Å². The Morgan fingerprint density at radius 3 is 2.38 bits per heavy atom. The van der Waals surface area contributed by atoms with E-state index in [1.807, 2.05) is 0 Å². The zero-order valence-corrected chi connectivity index (χ0v) is 8.14. The van der Waals surface area contributed by atoms with E-state index in [1.165, 1.54) is 12.4 Å². The van der Waals surface area contributed by atoms with Crippen LogP contribution >= 0.6 is 23.2 Å². The van der Waals surface area contributed by atoms with Gasteiger partial charge in [-0.25, -0.2) is 0 Å². The number of hydrogen-bond acceptors (Lipinski definition) is 2. The molecule has 0 spiro atoms. The molecule has 0 aliphatic heterocycles. The zero-order valence-electron chi connectivity index (χ0n) is 6.63. The van der Waals surface area contributed by atoms with E-state index >= 15 is 0 Å². The monoisotopic (exact) mass is 219 g/mol. The highest BCUT2D eigenvalue weighted by Gasteiger charge is 2.07. The van der Waals surface area contributed by atoms with Gasteiger partial charge in [0.15, 0.2) is 0 Å². The van der Waals surface area contributed by atoms with Crippen molar-refractivity contribution in [2.24, 2.45) is 0 Å². The molecule has 0 radical (unpaired) electrons. The molecule has 5 heteroatoms. The van der Waals surface area contributed by atoms with Crippen LogP contribution in [0.25, 0.3) is 0 Å². The van der Waals surface area contributed by atoms with Crippen molar-refractivity contribution in [3.8, 4) is 0 Å². The van der Waals surface area contributed by atoms with Gasteiger partial charge in [0.2, 0.25) is 0 Å². The molecule has 0 aliphatic rings. The number of carbonyl (C=O) groups is 1. The van der Waals surface area contributed by atoms with E-state index in [0.717, 1.165) is 0 Å². The molecule has 0 aliphatic carbocycles. The van der Waals surface area contributed by atoms with Crippen molar-refractivity contribution in [2.45, 2.75) is 12.8 Å². The van der Waals surface area contributed by atoms with Crippen LogP contribution in [0.1, 0.15) is 12.0 Å². The summed E-state index contributed by atoms with van der Waals surface area (Å²) in [4.78, 5) is 14.1. The highest BCUT2D eigenvalue weighted by Crippen LogP contribution is 2.23. The van der Waals surface area contributed by atoms with Crippen LogP contribution in [0.2, 0.25) is 10.0 Å². The van der Waals surface area contributed by atoms with E-state index in [2.05, 4.69) is 4.98 Å². The van der Waals surface area contributed by atoms with Crippen LogP contribution in [0, 0.1) is 0 Å². The van der Waals surface area contributed by atoms with Crippen LogP contribution in [-0.2, 0) is 11.2 Å². The molecule has 70 valence electrons. The Labute approximate surface area is 85.3 Å². The summed E-state index contributed by atoms with van der Waals surface area (Å²) in [5, 5.41) is 9.28. The Balaban J connectivity index is 2.81. The first-order valence-electron chi connectivity index (χ1n) is 3.61. The second kappa shape index (κ2) is 4.44. The fraction of sp³-hybridized carbons (Fsp3) is 0.250. The van der Waals surface area contributed by atoms with Crippen molar-refractivity contribution in [1.29, 1.82) is 0 Å². The lowest BCUT2D eigenvalue weighted by atomic mass is 10.1. The van der Waals surface area contributed by atoms with Crippen LogP contribution < -0.4 is 0 Å². The number of carboxylic acids is 1. The van der Waals surface area contributed by atoms with Crippen LogP contribution in [0.15, 0.2) is 12.4 Å². The Morgan fingerprint density at radius 2 is 1.92 bits per heavy atom. The minimum atomic E-state index is -0.871. The average molecular weight is 220 g/mol. The number of aromatic nitrogens is 1. The summed E-state index contributed by atoms with van der Waals surface area (Å²) < 4.78 is 0. The highest BCUT2D eigenvalue weighted by molar-refractivity contribution is 6.35. The molecule has 0 bridgehead atoms. The van der Waals surface area contributed by atoms with Gasteiger partial charge in [-0.15, -0.1) is 0 Å². The van der Waals surface area contributed by atoms with Gasteiger partial charge in [0, 0.05) is 18.8 Å². The number of pyridine rings is 1.